The Kier molecular flexibility index (Phi) is 4.70. The number of rotatable bonds is 4. The van der Waals surface area contributed by atoms with Gasteiger partial charge in [0.1, 0.15) is 0 Å². The third-order valence-electron chi connectivity index (χ3n) is 3.78. The number of amides is 2. The number of primary amides is 1. The molecule has 0 bridgehead atoms. The van der Waals surface area contributed by atoms with Crippen molar-refractivity contribution < 1.29 is 9.59 Å². The molecule has 2 rings (SSSR count). The van der Waals surface area contributed by atoms with Crippen molar-refractivity contribution in [3.8, 4) is 0 Å². The van der Waals surface area contributed by atoms with Gasteiger partial charge in [-0.15, -0.1) is 0 Å². The summed E-state index contributed by atoms with van der Waals surface area (Å²) in [4.78, 5) is 25.1. The van der Waals surface area contributed by atoms with Crippen LogP contribution in [0.15, 0.2) is 24.3 Å². The standard InChI is InChI=1S/C14H20N4O2/c15-13(19)10-5-7-18(8-6-10)9-11-3-1-2-4-12(11)14(20)17-16/h1-4,10H,5-9,16H2,(H2,15,19)(H,17,20). The lowest BCUT2D eigenvalue weighted by Gasteiger charge is -2.30. The summed E-state index contributed by atoms with van der Waals surface area (Å²) in [7, 11) is 0. The predicted octanol–water partition coefficient (Wildman–Crippen LogP) is -0.0126. The molecular weight excluding hydrogens is 256 g/mol. The first-order valence-electron chi connectivity index (χ1n) is 6.72. The van der Waals surface area contributed by atoms with Crippen LogP contribution >= 0.6 is 0 Å². The van der Waals surface area contributed by atoms with Gasteiger partial charge in [-0.05, 0) is 37.6 Å². The molecule has 0 spiro atoms. The quantitative estimate of drug-likeness (QED) is 0.409. The monoisotopic (exact) mass is 276 g/mol. The van der Waals surface area contributed by atoms with E-state index in [0.717, 1.165) is 31.5 Å². The lowest BCUT2D eigenvalue weighted by Crippen LogP contribution is -2.38. The smallest absolute Gasteiger partial charge is 0.265 e. The van der Waals surface area contributed by atoms with E-state index in [0.29, 0.717) is 12.1 Å². The van der Waals surface area contributed by atoms with Gasteiger partial charge in [-0.2, -0.15) is 0 Å². The Labute approximate surface area is 118 Å². The van der Waals surface area contributed by atoms with Crippen molar-refractivity contribution >= 4 is 11.8 Å². The summed E-state index contributed by atoms with van der Waals surface area (Å²) in [5.74, 6) is 4.67. The second-order valence-electron chi connectivity index (χ2n) is 5.08. The Morgan fingerprint density at radius 1 is 1.25 bits per heavy atom. The average Bonchev–Trinajstić information content (AvgIpc) is 2.47. The third kappa shape index (κ3) is 3.34. The first-order valence-corrected chi connectivity index (χ1v) is 6.72. The maximum absolute atomic E-state index is 11.7. The molecule has 1 aromatic rings. The van der Waals surface area contributed by atoms with E-state index < -0.39 is 0 Å². The first kappa shape index (κ1) is 14.5. The Morgan fingerprint density at radius 2 is 1.90 bits per heavy atom. The van der Waals surface area contributed by atoms with E-state index in [1.807, 2.05) is 18.2 Å². The molecule has 6 heteroatoms. The number of carbonyl (C=O) groups excluding carboxylic acids is 2. The average molecular weight is 276 g/mol. The van der Waals surface area contributed by atoms with Gasteiger partial charge in [0.15, 0.2) is 0 Å². The molecule has 0 atom stereocenters. The van der Waals surface area contributed by atoms with Gasteiger partial charge in [-0.3, -0.25) is 19.9 Å². The molecule has 1 aliphatic rings. The fraction of sp³-hybridized carbons (Fsp3) is 0.429. The molecule has 0 unspecified atom stereocenters. The van der Waals surface area contributed by atoms with Gasteiger partial charge < -0.3 is 5.73 Å². The molecule has 6 nitrogen and oxygen atoms in total. The van der Waals surface area contributed by atoms with Crippen LogP contribution in [0.2, 0.25) is 0 Å². The van der Waals surface area contributed by atoms with Gasteiger partial charge in [0.25, 0.3) is 5.91 Å². The Hall–Kier alpha value is -1.92. The molecule has 1 heterocycles. The van der Waals surface area contributed by atoms with Gasteiger partial charge in [-0.25, -0.2) is 5.84 Å². The fourth-order valence-corrected chi connectivity index (χ4v) is 2.57. The summed E-state index contributed by atoms with van der Waals surface area (Å²) in [6.07, 6.45) is 1.56. The minimum Gasteiger partial charge on any atom is -0.369 e. The Balaban J connectivity index is 2.01. The van der Waals surface area contributed by atoms with Crippen molar-refractivity contribution in [2.75, 3.05) is 13.1 Å². The molecule has 5 N–H and O–H groups in total. The molecule has 20 heavy (non-hydrogen) atoms. The molecule has 1 saturated heterocycles. The van der Waals surface area contributed by atoms with Crippen LogP contribution in [0.25, 0.3) is 0 Å². The van der Waals surface area contributed by atoms with Crippen LogP contribution in [0.4, 0.5) is 0 Å². The van der Waals surface area contributed by atoms with E-state index in [9.17, 15) is 9.59 Å². The minimum absolute atomic E-state index is 0.0196. The van der Waals surface area contributed by atoms with E-state index in [2.05, 4.69) is 10.3 Å². The van der Waals surface area contributed by atoms with Crippen molar-refractivity contribution in [1.29, 1.82) is 0 Å². The van der Waals surface area contributed by atoms with Gasteiger partial charge in [0.2, 0.25) is 5.91 Å². The summed E-state index contributed by atoms with van der Waals surface area (Å²) < 4.78 is 0. The zero-order chi connectivity index (χ0) is 14.5. The number of hydrogen-bond acceptors (Lipinski definition) is 4. The number of nitrogens with one attached hydrogen (secondary N) is 1. The van der Waals surface area contributed by atoms with Crippen molar-refractivity contribution in [1.82, 2.24) is 10.3 Å². The largest absolute Gasteiger partial charge is 0.369 e. The van der Waals surface area contributed by atoms with E-state index >= 15 is 0 Å². The SMILES string of the molecule is NNC(=O)c1ccccc1CN1CCC(C(N)=O)CC1. The van der Waals surface area contributed by atoms with Gasteiger partial charge in [0.05, 0.1) is 0 Å². The maximum Gasteiger partial charge on any atom is 0.265 e. The molecule has 0 saturated carbocycles. The predicted molar refractivity (Wildman–Crippen MR) is 75.3 cm³/mol. The fourth-order valence-electron chi connectivity index (χ4n) is 2.57. The van der Waals surface area contributed by atoms with Crippen molar-refractivity contribution in [3.05, 3.63) is 35.4 Å². The van der Waals surface area contributed by atoms with Crippen LogP contribution in [0, 0.1) is 5.92 Å². The number of carbonyl (C=O) groups is 2. The summed E-state index contributed by atoms with van der Waals surface area (Å²) >= 11 is 0. The van der Waals surface area contributed by atoms with Crippen LogP contribution in [0.5, 0.6) is 0 Å². The lowest BCUT2D eigenvalue weighted by molar-refractivity contribution is -0.123. The highest BCUT2D eigenvalue weighted by Crippen LogP contribution is 2.20. The summed E-state index contributed by atoms with van der Waals surface area (Å²) in [5.41, 5.74) is 9.01. The number of likely N-dealkylation sites (tertiary alicyclic amines) is 1. The number of nitrogens with two attached hydrogens (primary N) is 2. The van der Waals surface area contributed by atoms with Crippen LogP contribution < -0.4 is 17.0 Å². The van der Waals surface area contributed by atoms with Gasteiger partial charge in [-0.1, -0.05) is 18.2 Å². The van der Waals surface area contributed by atoms with Crippen LogP contribution in [0.3, 0.4) is 0 Å². The van der Waals surface area contributed by atoms with Gasteiger partial charge in [0, 0.05) is 18.0 Å². The second kappa shape index (κ2) is 6.49. The Morgan fingerprint density at radius 3 is 2.50 bits per heavy atom. The Bertz CT molecular complexity index is 496. The molecule has 2 amide bonds. The molecule has 1 aromatic carbocycles. The number of piperidine rings is 1. The molecule has 0 aromatic heterocycles. The summed E-state index contributed by atoms with van der Waals surface area (Å²) in [6, 6.07) is 7.39. The number of hydrazine groups is 1. The highest BCUT2D eigenvalue weighted by molar-refractivity contribution is 5.95. The normalized spacial score (nSPS) is 16.9. The summed E-state index contributed by atoms with van der Waals surface area (Å²) in [5, 5.41) is 0. The zero-order valence-corrected chi connectivity index (χ0v) is 11.3. The van der Waals surface area contributed by atoms with Crippen LogP contribution in [-0.2, 0) is 11.3 Å². The maximum atomic E-state index is 11.7. The van der Waals surface area contributed by atoms with Crippen LogP contribution in [-0.4, -0.2) is 29.8 Å². The number of nitrogen functional groups attached to an aromatic ring is 1. The highest BCUT2D eigenvalue weighted by Gasteiger charge is 2.23. The van der Waals surface area contributed by atoms with E-state index in [4.69, 9.17) is 11.6 Å². The first-order chi connectivity index (χ1) is 9.61. The third-order valence-corrected chi connectivity index (χ3v) is 3.78. The number of hydrogen-bond donors (Lipinski definition) is 3. The number of nitrogens with zero attached hydrogens (tertiary/aromatic N) is 1. The lowest BCUT2D eigenvalue weighted by atomic mass is 9.95. The van der Waals surface area contributed by atoms with E-state index in [1.165, 1.54) is 0 Å². The van der Waals surface area contributed by atoms with Crippen molar-refractivity contribution in [2.45, 2.75) is 19.4 Å². The second-order valence-corrected chi connectivity index (χ2v) is 5.08. The highest BCUT2D eigenvalue weighted by atomic mass is 16.2. The minimum atomic E-state index is -0.285. The number of benzene rings is 1. The van der Waals surface area contributed by atoms with Gasteiger partial charge >= 0.3 is 0 Å². The summed E-state index contributed by atoms with van der Waals surface area (Å²) in [6.45, 7) is 2.30. The molecule has 1 fully saturated rings. The zero-order valence-electron chi connectivity index (χ0n) is 11.3. The topological polar surface area (TPSA) is 101 Å². The molecular formula is C14H20N4O2. The molecule has 1 aliphatic heterocycles. The van der Waals surface area contributed by atoms with Crippen molar-refractivity contribution in [2.24, 2.45) is 17.5 Å². The van der Waals surface area contributed by atoms with Crippen molar-refractivity contribution in [3.63, 3.8) is 0 Å². The van der Waals surface area contributed by atoms with Crippen LogP contribution in [0.1, 0.15) is 28.8 Å². The molecule has 0 radical (unpaired) electrons. The molecule has 0 aliphatic carbocycles. The molecule has 108 valence electrons. The van der Waals surface area contributed by atoms with E-state index in [-0.39, 0.29) is 17.7 Å². The van der Waals surface area contributed by atoms with E-state index in [1.54, 1.807) is 6.07 Å².